The number of nitrogens with two attached hydrogens (primary N) is 1. The van der Waals surface area contributed by atoms with E-state index < -0.39 is 0 Å². The van der Waals surface area contributed by atoms with Crippen LogP contribution in [0.4, 0.5) is 0 Å². The zero-order valence-corrected chi connectivity index (χ0v) is 8.13. The molecule has 0 aromatic carbocycles. The van der Waals surface area contributed by atoms with E-state index in [1.165, 1.54) is 32.1 Å². The molecule has 0 aromatic heterocycles. The van der Waals surface area contributed by atoms with Gasteiger partial charge in [-0.05, 0) is 55.8 Å². The van der Waals surface area contributed by atoms with E-state index in [1.807, 2.05) is 0 Å². The molecule has 4 bridgehead atoms. The third-order valence-electron chi connectivity index (χ3n) is 4.56. The molecule has 3 N–H and O–H groups in total. The predicted molar refractivity (Wildman–Crippen MR) is 51.1 cm³/mol. The van der Waals surface area contributed by atoms with Crippen molar-refractivity contribution in [2.45, 2.75) is 44.1 Å². The average Bonchev–Trinajstić information content (AvgIpc) is 1.99. The molecule has 0 heterocycles. The standard InChI is InChI=1S/C11H19NO/c12-11-4-8-1-9(5-11)3-10(2-8,6-11)7-13/h8-9,13H,1-7,12H2. The van der Waals surface area contributed by atoms with Crippen LogP contribution in [0, 0.1) is 17.3 Å². The van der Waals surface area contributed by atoms with E-state index in [9.17, 15) is 5.11 Å². The molecule has 0 saturated heterocycles. The van der Waals surface area contributed by atoms with E-state index in [0.29, 0.717) is 6.61 Å². The van der Waals surface area contributed by atoms with Gasteiger partial charge in [0.15, 0.2) is 0 Å². The summed E-state index contributed by atoms with van der Waals surface area (Å²) in [6, 6.07) is 0. The van der Waals surface area contributed by atoms with Crippen molar-refractivity contribution in [3.8, 4) is 0 Å². The molecule has 0 radical (unpaired) electrons. The first-order valence-electron chi connectivity index (χ1n) is 5.53. The second kappa shape index (κ2) is 2.29. The molecule has 2 nitrogen and oxygen atoms in total. The monoisotopic (exact) mass is 181 g/mol. The maximum atomic E-state index is 9.49. The third kappa shape index (κ3) is 1.08. The molecule has 2 heteroatoms. The fourth-order valence-corrected chi connectivity index (χ4v) is 4.71. The lowest BCUT2D eigenvalue weighted by Gasteiger charge is -2.60. The summed E-state index contributed by atoms with van der Waals surface area (Å²) in [6.07, 6.45) is 7.43. The Hall–Kier alpha value is -0.0800. The first-order chi connectivity index (χ1) is 6.13. The quantitative estimate of drug-likeness (QED) is 0.640. The number of aliphatic hydroxyl groups excluding tert-OH is 1. The Labute approximate surface area is 79.5 Å². The molecule has 2 atom stereocenters. The second-order valence-corrected chi connectivity index (χ2v) is 5.98. The molecule has 2 unspecified atom stereocenters. The lowest BCUT2D eigenvalue weighted by Crippen LogP contribution is -2.60. The van der Waals surface area contributed by atoms with Crippen LogP contribution in [0.3, 0.4) is 0 Å². The highest BCUT2D eigenvalue weighted by Gasteiger charge is 2.55. The fraction of sp³-hybridized carbons (Fsp3) is 1.00. The van der Waals surface area contributed by atoms with Gasteiger partial charge in [-0.3, -0.25) is 0 Å². The minimum atomic E-state index is 0.104. The first-order valence-corrected chi connectivity index (χ1v) is 5.53. The van der Waals surface area contributed by atoms with Crippen molar-refractivity contribution in [3.63, 3.8) is 0 Å². The summed E-state index contributed by atoms with van der Waals surface area (Å²) in [6.45, 7) is 0.374. The molecule has 0 amide bonds. The molecule has 74 valence electrons. The second-order valence-electron chi connectivity index (χ2n) is 5.98. The lowest BCUT2D eigenvalue weighted by molar-refractivity contribution is -0.0915. The van der Waals surface area contributed by atoms with Gasteiger partial charge in [0.1, 0.15) is 0 Å². The maximum Gasteiger partial charge on any atom is 0.0488 e. The van der Waals surface area contributed by atoms with Crippen LogP contribution in [0.1, 0.15) is 38.5 Å². The van der Waals surface area contributed by atoms with Crippen molar-refractivity contribution in [2.75, 3.05) is 6.61 Å². The molecular formula is C11H19NO. The molecule has 4 rings (SSSR count). The summed E-state index contributed by atoms with van der Waals surface area (Å²) in [5.41, 5.74) is 6.71. The Morgan fingerprint density at radius 3 is 2.23 bits per heavy atom. The van der Waals surface area contributed by atoms with E-state index in [4.69, 9.17) is 5.73 Å². The van der Waals surface area contributed by atoms with Gasteiger partial charge < -0.3 is 10.8 Å². The van der Waals surface area contributed by atoms with Crippen LogP contribution in [0.25, 0.3) is 0 Å². The molecule has 0 spiro atoms. The number of hydrogen-bond donors (Lipinski definition) is 2. The summed E-state index contributed by atoms with van der Waals surface area (Å²) in [5.74, 6) is 1.66. The molecule has 13 heavy (non-hydrogen) atoms. The van der Waals surface area contributed by atoms with Crippen molar-refractivity contribution >= 4 is 0 Å². The van der Waals surface area contributed by atoms with E-state index in [-0.39, 0.29) is 11.0 Å². The highest BCUT2D eigenvalue weighted by Crippen LogP contribution is 2.60. The molecule has 0 aliphatic heterocycles. The summed E-state index contributed by atoms with van der Waals surface area (Å²) >= 11 is 0. The Morgan fingerprint density at radius 2 is 1.77 bits per heavy atom. The number of rotatable bonds is 1. The van der Waals surface area contributed by atoms with Gasteiger partial charge in [0, 0.05) is 12.1 Å². The minimum absolute atomic E-state index is 0.104. The highest BCUT2D eigenvalue weighted by molar-refractivity contribution is 5.10. The van der Waals surface area contributed by atoms with Crippen molar-refractivity contribution in [1.29, 1.82) is 0 Å². The van der Waals surface area contributed by atoms with E-state index >= 15 is 0 Å². The fourth-order valence-electron chi connectivity index (χ4n) is 4.71. The molecule has 4 aliphatic rings. The van der Waals surface area contributed by atoms with Gasteiger partial charge in [-0.1, -0.05) is 0 Å². The van der Waals surface area contributed by atoms with Gasteiger partial charge in [-0.15, -0.1) is 0 Å². The van der Waals surface area contributed by atoms with Crippen molar-refractivity contribution in [3.05, 3.63) is 0 Å². The van der Waals surface area contributed by atoms with Gasteiger partial charge in [0.05, 0.1) is 0 Å². The average molecular weight is 181 g/mol. The van der Waals surface area contributed by atoms with Gasteiger partial charge in [0.25, 0.3) is 0 Å². The molecule has 4 aliphatic carbocycles. The smallest absolute Gasteiger partial charge is 0.0488 e. The van der Waals surface area contributed by atoms with Crippen molar-refractivity contribution in [2.24, 2.45) is 23.0 Å². The van der Waals surface area contributed by atoms with Crippen molar-refractivity contribution < 1.29 is 5.11 Å². The maximum absolute atomic E-state index is 9.49. The molecular weight excluding hydrogens is 162 g/mol. The Balaban J connectivity index is 1.95. The lowest BCUT2D eigenvalue weighted by atomic mass is 9.47. The Kier molecular flexibility index (Phi) is 1.45. The van der Waals surface area contributed by atoms with Gasteiger partial charge in [-0.25, -0.2) is 0 Å². The molecule has 4 saturated carbocycles. The summed E-state index contributed by atoms with van der Waals surface area (Å²) in [4.78, 5) is 0. The predicted octanol–water partition coefficient (Wildman–Crippen LogP) is 1.28. The SMILES string of the molecule is NC12CC3CC(C1)CC(CO)(C3)C2. The van der Waals surface area contributed by atoms with Crippen LogP contribution in [-0.2, 0) is 0 Å². The van der Waals surface area contributed by atoms with Crippen LogP contribution >= 0.6 is 0 Å². The van der Waals surface area contributed by atoms with Gasteiger partial charge in [-0.2, -0.15) is 0 Å². The van der Waals surface area contributed by atoms with Crippen molar-refractivity contribution in [1.82, 2.24) is 0 Å². The molecule has 0 aromatic rings. The van der Waals surface area contributed by atoms with E-state index in [0.717, 1.165) is 18.3 Å². The van der Waals surface area contributed by atoms with Crippen LogP contribution in [0.2, 0.25) is 0 Å². The molecule has 4 fully saturated rings. The largest absolute Gasteiger partial charge is 0.396 e. The van der Waals surface area contributed by atoms with Gasteiger partial charge >= 0.3 is 0 Å². The van der Waals surface area contributed by atoms with E-state index in [1.54, 1.807) is 0 Å². The first kappa shape index (κ1) is 8.25. The summed E-state index contributed by atoms with van der Waals surface area (Å²) < 4.78 is 0. The summed E-state index contributed by atoms with van der Waals surface area (Å²) in [7, 11) is 0. The summed E-state index contributed by atoms with van der Waals surface area (Å²) in [5, 5.41) is 9.49. The Bertz CT molecular complexity index is 224. The van der Waals surface area contributed by atoms with Gasteiger partial charge in [0.2, 0.25) is 0 Å². The number of hydrogen-bond acceptors (Lipinski definition) is 2. The Morgan fingerprint density at radius 1 is 1.15 bits per heavy atom. The van der Waals surface area contributed by atoms with Crippen LogP contribution in [0.5, 0.6) is 0 Å². The zero-order chi connectivity index (χ0) is 9.10. The van der Waals surface area contributed by atoms with Crippen LogP contribution in [-0.4, -0.2) is 17.3 Å². The third-order valence-corrected chi connectivity index (χ3v) is 4.56. The minimum Gasteiger partial charge on any atom is -0.396 e. The van der Waals surface area contributed by atoms with Crippen LogP contribution in [0.15, 0.2) is 0 Å². The number of aliphatic hydroxyl groups is 1. The highest BCUT2D eigenvalue weighted by atomic mass is 16.3. The van der Waals surface area contributed by atoms with Crippen LogP contribution < -0.4 is 5.73 Å². The van der Waals surface area contributed by atoms with E-state index in [2.05, 4.69) is 0 Å². The topological polar surface area (TPSA) is 46.2 Å². The normalized spacial score (nSPS) is 58.6. The zero-order valence-electron chi connectivity index (χ0n) is 8.13.